The van der Waals surface area contributed by atoms with Crippen LogP contribution in [0.15, 0.2) is 0 Å². The lowest BCUT2D eigenvalue weighted by Gasteiger charge is -2.32. The Bertz CT molecular complexity index is 261. The number of nitrogens with two attached hydrogens (primary N) is 1. The lowest BCUT2D eigenvalue weighted by Crippen LogP contribution is -2.40. The fourth-order valence-corrected chi connectivity index (χ4v) is 3.36. The van der Waals surface area contributed by atoms with Crippen LogP contribution in [0.1, 0.15) is 57.8 Å². The Morgan fingerprint density at radius 3 is 2.41 bits per heavy atom. The van der Waals surface area contributed by atoms with E-state index in [2.05, 4.69) is 0 Å². The molecule has 17 heavy (non-hydrogen) atoms. The molecule has 2 atom stereocenters. The molecule has 0 bridgehead atoms. The lowest BCUT2D eigenvalue weighted by molar-refractivity contribution is -0.133. The molecule has 98 valence electrons. The minimum atomic E-state index is 0.263. The van der Waals surface area contributed by atoms with Crippen LogP contribution in [0.2, 0.25) is 0 Å². The molecule has 3 nitrogen and oxygen atoms in total. The van der Waals surface area contributed by atoms with Gasteiger partial charge in [0, 0.05) is 25.6 Å². The van der Waals surface area contributed by atoms with Crippen molar-refractivity contribution in [3.63, 3.8) is 0 Å². The first kappa shape index (κ1) is 12.9. The summed E-state index contributed by atoms with van der Waals surface area (Å²) in [4.78, 5) is 14.2. The minimum absolute atomic E-state index is 0.263. The van der Waals surface area contributed by atoms with Crippen LogP contribution < -0.4 is 5.73 Å². The number of carbonyl (C=O) groups is 1. The average molecular weight is 238 g/mol. The summed E-state index contributed by atoms with van der Waals surface area (Å²) in [5.41, 5.74) is 6.04. The number of hydrogen-bond donors (Lipinski definition) is 1. The summed E-state index contributed by atoms with van der Waals surface area (Å²) in [6.07, 6.45) is 10.4. The lowest BCUT2D eigenvalue weighted by atomic mass is 9.93. The molecule has 1 amide bonds. The molecule has 2 saturated carbocycles. The normalized spacial score (nSPS) is 30.5. The smallest absolute Gasteiger partial charge is 0.222 e. The average Bonchev–Trinajstić information content (AvgIpc) is 2.75. The van der Waals surface area contributed by atoms with Gasteiger partial charge in [0.25, 0.3) is 0 Å². The second kappa shape index (κ2) is 5.85. The van der Waals surface area contributed by atoms with E-state index in [-0.39, 0.29) is 6.04 Å². The Morgan fingerprint density at radius 2 is 1.82 bits per heavy atom. The molecule has 0 aliphatic heterocycles. The zero-order valence-electron chi connectivity index (χ0n) is 11.0. The van der Waals surface area contributed by atoms with Crippen molar-refractivity contribution in [1.82, 2.24) is 4.90 Å². The largest absolute Gasteiger partial charge is 0.343 e. The Kier molecular flexibility index (Phi) is 4.43. The van der Waals surface area contributed by atoms with Crippen LogP contribution in [0, 0.1) is 5.92 Å². The molecule has 3 heteroatoms. The van der Waals surface area contributed by atoms with Gasteiger partial charge in [0.15, 0.2) is 0 Å². The molecule has 2 fully saturated rings. The van der Waals surface area contributed by atoms with Gasteiger partial charge in [-0.15, -0.1) is 0 Å². The summed E-state index contributed by atoms with van der Waals surface area (Å²) < 4.78 is 0. The first-order valence-corrected chi connectivity index (χ1v) is 7.19. The van der Waals surface area contributed by atoms with Crippen molar-refractivity contribution in [2.45, 2.75) is 69.9 Å². The molecule has 2 aliphatic carbocycles. The van der Waals surface area contributed by atoms with Crippen LogP contribution in [0.4, 0.5) is 0 Å². The monoisotopic (exact) mass is 238 g/mol. The molecule has 0 unspecified atom stereocenters. The van der Waals surface area contributed by atoms with Gasteiger partial charge in [-0.05, 0) is 31.6 Å². The fourth-order valence-electron chi connectivity index (χ4n) is 3.36. The molecule has 0 radical (unpaired) electrons. The molecule has 0 aromatic heterocycles. The SMILES string of the molecule is CN(C(=O)C[C@@H]1CCC[C@H]1N)C1CCCCC1. The predicted molar refractivity (Wildman–Crippen MR) is 69.6 cm³/mol. The highest BCUT2D eigenvalue weighted by Gasteiger charge is 2.29. The van der Waals surface area contributed by atoms with Gasteiger partial charge >= 0.3 is 0 Å². The van der Waals surface area contributed by atoms with E-state index in [1.54, 1.807) is 0 Å². The van der Waals surface area contributed by atoms with Crippen LogP contribution >= 0.6 is 0 Å². The summed E-state index contributed by atoms with van der Waals surface area (Å²) in [6.45, 7) is 0. The summed E-state index contributed by atoms with van der Waals surface area (Å²) in [7, 11) is 1.98. The van der Waals surface area contributed by atoms with Gasteiger partial charge < -0.3 is 10.6 Å². The number of amides is 1. The maximum absolute atomic E-state index is 12.2. The molecule has 0 aromatic rings. The highest BCUT2D eigenvalue weighted by atomic mass is 16.2. The molecule has 2 rings (SSSR count). The zero-order valence-corrected chi connectivity index (χ0v) is 11.0. The van der Waals surface area contributed by atoms with Crippen LogP contribution in [-0.2, 0) is 4.79 Å². The second-order valence-corrected chi connectivity index (χ2v) is 5.86. The quantitative estimate of drug-likeness (QED) is 0.820. The molecule has 0 spiro atoms. The maximum atomic E-state index is 12.2. The van der Waals surface area contributed by atoms with E-state index in [1.165, 1.54) is 38.5 Å². The van der Waals surface area contributed by atoms with Crippen LogP contribution in [0.5, 0.6) is 0 Å². The highest BCUT2D eigenvalue weighted by molar-refractivity contribution is 5.76. The molecule has 2 aliphatic rings. The zero-order chi connectivity index (χ0) is 12.3. The first-order valence-electron chi connectivity index (χ1n) is 7.19. The predicted octanol–water partition coefficient (Wildman–Crippen LogP) is 2.29. The van der Waals surface area contributed by atoms with E-state index >= 15 is 0 Å². The van der Waals surface area contributed by atoms with E-state index in [0.29, 0.717) is 24.3 Å². The van der Waals surface area contributed by atoms with Gasteiger partial charge in [-0.25, -0.2) is 0 Å². The third-order valence-electron chi connectivity index (χ3n) is 4.67. The van der Waals surface area contributed by atoms with Crippen molar-refractivity contribution in [1.29, 1.82) is 0 Å². The van der Waals surface area contributed by atoms with Crippen molar-refractivity contribution in [2.75, 3.05) is 7.05 Å². The van der Waals surface area contributed by atoms with Gasteiger partial charge in [0.2, 0.25) is 5.91 Å². The van der Waals surface area contributed by atoms with Crippen LogP contribution in [-0.4, -0.2) is 29.9 Å². The Hall–Kier alpha value is -0.570. The van der Waals surface area contributed by atoms with Crippen molar-refractivity contribution in [3.8, 4) is 0 Å². The molecule has 0 heterocycles. The van der Waals surface area contributed by atoms with Gasteiger partial charge in [0.05, 0.1) is 0 Å². The van der Waals surface area contributed by atoms with Crippen molar-refractivity contribution in [3.05, 3.63) is 0 Å². The minimum Gasteiger partial charge on any atom is -0.343 e. The number of rotatable bonds is 3. The third kappa shape index (κ3) is 3.21. The number of nitrogens with zero attached hydrogens (tertiary/aromatic N) is 1. The van der Waals surface area contributed by atoms with Crippen molar-refractivity contribution in [2.24, 2.45) is 11.7 Å². The summed E-state index contributed by atoms with van der Waals surface area (Å²) in [5.74, 6) is 0.757. The molecular weight excluding hydrogens is 212 g/mol. The van der Waals surface area contributed by atoms with E-state index in [1.807, 2.05) is 11.9 Å². The van der Waals surface area contributed by atoms with E-state index in [4.69, 9.17) is 5.73 Å². The summed E-state index contributed by atoms with van der Waals surface area (Å²) in [6, 6.07) is 0.757. The van der Waals surface area contributed by atoms with E-state index < -0.39 is 0 Å². The fraction of sp³-hybridized carbons (Fsp3) is 0.929. The van der Waals surface area contributed by atoms with Crippen molar-refractivity contribution < 1.29 is 4.79 Å². The standard InChI is InChI=1S/C14H26N2O/c1-16(12-7-3-2-4-8-12)14(17)10-11-6-5-9-13(11)15/h11-13H,2-10,15H2,1H3/t11-,13+/m0/s1. The maximum Gasteiger partial charge on any atom is 0.222 e. The van der Waals surface area contributed by atoms with E-state index in [0.717, 1.165) is 12.8 Å². The molecule has 0 aromatic carbocycles. The molecule has 0 saturated heterocycles. The summed E-state index contributed by atoms with van der Waals surface area (Å²) in [5, 5.41) is 0. The second-order valence-electron chi connectivity index (χ2n) is 5.86. The van der Waals surface area contributed by atoms with Crippen LogP contribution in [0.3, 0.4) is 0 Å². The number of hydrogen-bond acceptors (Lipinski definition) is 2. The topological polar surface area (TPSA) is 46.3 Å². The van der Waals surface area contributed by atoms with Crippen LogP contribution in [0.25, 0.3) is 0 Å². The Morgan fingerprint density at radius 1 is 1.12 bits per heavy atom. The van der Waals surface area contributed by atoms with Gasteiger partial charge in [0.1, 0.15) is 0 Å². The Labute approximate surface area is 105 Å². The third-order valence-corrected chi connectivity index (χ3v) is 4.67. The summed E-state index contributed by atoms with van der Waals surface area (Å²) >= 11 is 0. The van der Waals surface area contributed by atoms with Crippen molar-refractivity contribution >= 4 is 5.91 Å². The van der Waals surface area contributed by atoms with Gasteiger partial charge in [-0.3, -0.25) is 4.79 Å². The van der Waals surface area contributed by atoms with Gasteiger partial charge in [-0.2, -0.15) is 0 Å². The van der Waals surface area contributed by atoms with E-state index in [9.17, 15) is 4.79 Å². The highest BCUT2D eigenvalue weighted by Crippen LogP contribution is 2.28. The Balaban J connectivity index is 1.81. The molecular formula is C14H26N2O. The molecule has 2 N–H and O–H groups in total. The number of carbonyl (C=O) groups excluding carboxylic acids is 1. The first-order chi connectivity index (χ1) is 8.18. The van der Waals surface area contributed by atoms with Gasteiger partial charge in [-0.1, -0.05) is 25.7 Å².